The first-order valence-corrected chi connectivity index (χ1v) is 5.45. The van der Waals surface area contributed by atoms with Crippen molar-refractivity contribution in [1.82, 2.24) is 5.43 Å². The number of hydrazine groups is 1. The standard InChI is InChI=1S/C13H15FN2O/c1-9-5-6-17-13(9)12(16-15)8-10-3-2-4-11(14)7-10/h2-7,12,16H,8,15H2,1H3. The van der Waals surface area contributed by atoms with Crippen LogP contribution in [0.15, 0.2) is 41.0 Å². The van der Waals surface area contributed by atoms with Crippen molar-refractivity contribution >= 4 is 0 Å². The predicted octanol–water partition coefficient (Wildman–Crippen LogP) is 2.47. The number of furan rings is 1. The van der Waals surface area contributed by atoms with Gasteiger partial charge < -0.3 is 4.42 Å². The Morgan fingerprint density at radius 1 is 1.41 bits per heavy atom. The fraction of sp³-hybridized carbons (Fsp3) is 0.231. The lowest BCUT2D eigenvalue weighted by molar-refractivity contribution is 0.413. The fourth-order valence-corrected chi connectivity index (χ4v) is 1.87. The van der Waals surface area contributed by atoms with Gasteiger partial charge in [-0.05, 0) is 42.7 Å². The highest BCUT2D eigenvalue weighted by Gasteiger charge is 2.16. The van der Waals surface area contributed by atoms with E-state index < -0.39 is 0 Å². The number of hydrogen-bond donors (Lipinski definition) is 2. The van der Waals surface area contributed by atoms with E-state index in [4.69, 9.17) is 10.3 Å². The predicted molar refractivity (Wildman–Crippen MR) is 63.6 cm³/mol. The van der Waals surface area contributed by atoms with Gasteiger partial charge in [0.2, 0.25) is 0 Å². The molecule has 2 aromatic rings. The summed E-state index contributed by atoms with van der Waals surface area (Å²) in [5, 5.41) is 0. The minimum atomic E-state index is -0.241. The van der Waals surface area contributed by atoms with Gasteiger partial charge in [0.05, 0.1) is 12.3 Å². The Bertz CT molecular complexity index is 496. The minimum absolute atomic E-state index is 0.146. The second kappa shape index (κ2) is 5.12. The molecule has 0 saturated carbocycles. The number of hydrogen-bond acceptors (Lipinski definition) is 3. The van der Waals surface area contributed by atoms with Gasteiger partial charge in [-0.3, -0.25) is 5.84 Å². The van der Waals surface area contributed by atoms with Gasteiger partial charge in [0.25, 0.3) is 0 Å². The van der Waals surface area contributed by atoms with E-state index >= 15 is 0 Å². The van der Waals surface area contributed by atoms with Gasteiger partial charge in [-0.15, -0.1) is 0 Å². The molecule has 0 fully saturated rings. The molecule has 0 radical (unpaired) electrons. The smallest absolute Gasteiger partial charge is 0.125 e. The van der Waals surface area contributed by atoms with Crippen molar-refractivity contribution in [3.05, 3.63) is 59.3 Å². The maximum absolute atomic E-state index is 13.1. The van der Waals surface area contributed by atoms with Gasteiger partial charge in [-0.25, -0.2) is 9.82 Å². The maximum atomic E-state index is 13.1. The van der Waals surface area contributed by atoms with Gasteiger partial charge in [0.15, 0.2) is 0 Å². The lowest BCUT2D eigenvalue weighted by Gasteiger charge is -2.14. The molecule has 0 amide bonds. The molecule has 1 unspecified atom stereocenters. The number of nitrogens with one attached hydrogen (secondary N) is 1. The molecule has 4 heteroatoms. The van der Waals surface area contributed by atoms with Crippen LogP contribution in [0.25, 0.3) is 0 Å². The summed E-state index contributed by atoms with van der Waals surface area (Å²) in [5.74, 6) is 6.06. The van der Waals surface area contributed by atoms with Crippen molar-refractivity contribution in [2.45, 2.75) is 19.4 Å². The van der Waals surface area contributed by atoms with Crippen molar-refractivity contribution in [2.75, 3.05) is 0 Å². The van der Waals surface area contributed by atoms with Crippen LogP contribution in [0, 0.1) is 12.7 Å². The number of benzene rings is 1. The average molecular weight is 234 g/mol. The van der Waals surface area contributed by atoms with Crippen molar-refractivity contribution in [3.63, 3.8) is 0 Å². The average Bonchev–Trinajstić information content (AvgIpc) is 2.72. The van der Waals surface area contributed by atoms with E-state index in [1.807, 2.05) is 19.1 Å². The van der Waals surface area contributed by atoms with Crippen LogP contribution in [-0.4, -0.2) is 0 Å². The maximum Gasteiger partial charge on any atom is 0.125 e. The Balaban J connectivity index is 2.19. The van der Waals surface area contributed by atoms with Crippen LogP contribution in [0.2, 0.25) is 0 Å². The van der Waals surface area contributed by atoms with Crippen LogP contribution in [-0.2, 0) is 6.42 Å². The van der Waals surface area contributed by atoms with Crippen molar-refractivity contribution in [3.8, 4) is 0 Å². The molecule has 0 aliphatic carbocycles. The van der Waals surface area contributed by atoms with E-state index in [0.717, 1.165) is 16.9 Å². The molecule has 3 nitrogen and oxygen atoms in total. The molecular formula is C13H15FN2O. The molecule has 17 heavy (non-hydrogen) atoms. The number of aryl methyl sites for hydroxylation is 1. The van der Waals surface area contributed by atoms with Crippen molar-refractivity contribution in [1.29, 1.82) is 0 Å². The molecule has 0 bridgehead atoms. The van der Waals surface area contributed by atoms with Gasteiger partial charge in [-0.2, -0.15) is 0 Å². The number of nitrogens with two attached hydrogens (primary N) is 1. The summed E-state index contributed by atoms with van der Waals surface area (Å²) in [6.07, 6.45) is 2.21. The van der Waals surface area contributed by atoms with Crippen molar-refractivity contribution < 1.29 is 8.81 Å². The summed E-state index contributed by atoms with van der Waals surface area (Å²) in [7, 11) is 0. The highest BCUT2D eigenvalue weighted by molar-refractivity contribution is 5.23. The van der Waals surface area contributed by atoms with E-state index in [1.54, 1.807) is 12.3 Å². The summed E-state index contributed by atoms with van der Waals surface area (Å²) < 4.78 is 18.5. The molecule has 3 N–H and O–H groups in total. The molecule has 90 valence electrons. The Labute approximate surface area is 99.4 Å². The monoisotopic (exact) mass is 234 g/mol. The van der Waals surface area contributed by atoms with E-state index in [2.05, 4.69) is 5.43 Å². The van der Waals surface area contributed by atoms with Crippen LogP contribution < -0.4 is 11.3 Å². The lowest BCUT2D eigenvalue weighted by atomic mass is 10.0. The van der Waals surface area contributed by atoms with Gasteiger partial charge in [0, 0.05) is 0 Å². The largest absolute Gasteiger partial charge is 0.467 e. The van der Waals surface area contributed by atoms with Gasteiger partial charge in [0.1, 0.15) is 11.6 Å². The summed E-state index contributed by atoms with van der Waals surface area (Å²) >= 11 is 0. The molecule has 1 aromatic carbocycles. The first-order valence-electron chi connectivity index (χ1n) is 5.45. The molecule has 0 aliphatic rings. The molecule has 2 rings (SSSR count). The fourth-order valence-electron chi connectivity index (χ4n) is 1.87. The van der Waals surface area contributed by atoms with E-state index in [0.29, 0.717) is 6.42 Å². The van der Waals surface area contributed by atoms with Crippen LogP contribution in [0.4, 0.5) is 4.39 Å². The molecule has 0 aliphatic heterocycles. The van der Waals surface area contributed by atoms with E-state index in [-0.39, 0.29) is 11.9 Å². The molecule has 0 spiro atoms. The first kappa shape index (κ1) is 11.8. The highest BCUT2D eigenvalue weighted by Crippen LogP contribution is 2.22. The second-order valence-electron chi connectivity index (χ2n) is 4.02. The zero-order chi connectivity index (χ0) is 12.3. The normalized spacial score (nSPS) is 12.6. The van der Waals surface area contributed by atoms with E-state index in [1.165, 1.54) is 12.1 Å². The molecule has 1 aromatic heterocycles. The summed E-state index contributed by atoms with van der Waals surface area (Å²) in [5.41, 5.74) is 4.61. The quantitative estimate of drug-likeness (QED) is 0.631. The Morgan fingerprint density at radius 3 is 2.82 bits per heavy atom. The van der Waals surface area contributed by atoms with Crippen LogP contribution in [0.1, 0.15) is 22.9 Å². The van der Waals surface area contributed by atoms with Gasteiger partial charge >= 0.3 is 0 Å². The zero-order valence-corrected chi connectivity index (χ0v) is 9.61. The number of halogens is 1. The first-order chi connectivity index (χ1) is 8.20. The Hall–Kier alpha value is -1.65. The molecular weight excluding hydrogens is 219 g/mol. The Morgan fingerprint density at radius 2 is 2.24 bits per heavy atom. The van der Waals surface area contributed by atoms with Crippen LogP contribution >= 0.6 is 0 Å². The second-order valence-corrected chi connectivity index (χ2v) is 4.02. The SMILES string of the molecule is Cc1ccoc1C(Cc1cccc(F)c1)NN. The molecule has 0 saturated heterocycles. The topological polar surface area (TPSA) is 51.2 Å². The summed E-state index contributed by atoms with van der Waals surface area (Å²) in [6, 6.07) is 8.21. The third kappa shape index (κ3) is 2.72. The van der Waals surface area contributed by atoms with Crippen molar-refractivity contribution in [2.24, 2.45) is 5.84 Å². The lowest BCUT2D eigenvalue weighted by Crippen LogP contribution is -2.29. The number of rotatable bonds is 4. The highest BCUT2D eigenvalue weighted by atomic mass is 19.1. The van der Waals surface area contributed by atoms with Crippen LogP contribution in [0.3, 0.4) is 0 Å². The third-order valence-electron chi connectivity index (χ3n) is 2.75. The Kier molecular flexibility index (Phi) is 3.56. The molecule has 1 heterocycles. The zero-order valence-electron chi connectivity index (χ0n) is 9.61. The van der Waals surface area contributed by atoms with Gasteiger partial charge in [-0.1, -0.05) is 12.1 Å². The summed E-state index contributed by atoms with van der Waals surface area (Å²) in [6.45, 7) is 1.95. The minimum Gasteiger partial charge on any atom is -0.467 e. The third-order valence-corrected chi connectivity index (χ3v) is 2.75. The molecule has 1 atom stereocenters. The van der Waals surface area contributed by atoms with E-state index in [9.17, 15) is 4.39 Å². The summed E-state index contributed by atoms with van der Waals surface area (Å²) in [4.78, 5) is 0. The van der Waals surface area contributed by atoms with Crippen LogP contribution in [0.5, 0.6) is 0 Å².